The number of aromatic nitrogens is 3. The van der Waals surface area contributed by atoms with Gasteiger partial charge in [0.15, 0.2) is 0 Å². The first kappa shape index (κ1) is 17.6. The van der Waals surface area contributed by atoms with Crippen molar-refractivity contribution in [1.82, 2.24) is 19.9 Å². The van der Waals surface area contributed by atoms with E-state index >= 15 is 0 Å². The number of hydrogen-bond donors (Lipinski definition) is 1. The molecule has 0 aliphatic carbocycles. The van der Waals surface area contributed by atoms with Crippen molar-refractivity contribution in [3.63, 3.8) is 0 Å². The Morgan fingerprint density at radius 3 is 2.80 bits per heavy atom. The Hall–Kier alpha value is -2.25. The highest BCUT2D eigenvalue weighted by Gasteiger charge is 2.10. The van der Waals surface area contributed by atoms with E-state index in [0.29, 0.717) is 0 Å². The third kappa shape index (κ3) is 5.65. The van der Waals surface area contributed by atoms with Gasteiger partial charge in [-0.05, 0) is 24.1 Å². The molecule has 0 bridgehead atoms. The van der Waals surface area contributed by atoms with Crippen molar-refractivity contribution in [2.75, 3.05) is 63.2 Å². The predicted molar refractivity (Wildman–Crippen MR) is 99.0 cm³/mol. The van der Waals surface area contributed by atoms with Crippen LogP contribution in [0.25, 0.3) is 0 Å². The molecule has 1 aliphatic heterocycles. The first-order chi connectivity index (χ1) is 12.3. The monoisotopic (exact) mass is 342 g/mol. The van der Waals surface area contributed by atoms with Crippen LogP contribution in [0, 0.1) is 0 Å². The summed E-state index contributed by atoms with van der Waals surface area (Å²) < 4.78 is 5.37. The van der Waals surface area contributed by atoms with Gasteiger partial charge in [0.2, 0.25) is 0 Å². The summed E-state index contributed by atoms with van der Waals surface area (Å²) in [5.74, 6) is 1.80. The lowest BCUT2D eigenvalue weighted by atomic mass is 10.2. The molecule has 0 atom stereocenters. The number of anilines is 2. The van der Waals surface area contributed by atoms with Crippen LogP contribution < -0.4 is 10.2 Å². The van der Waals surface area contributed by atoms with Crippen LogP contribution in [0.1, 0.15) is 5.56 Å². The third-order valence-corrected chi connectivity index (χ3v) is 4.37. The summed E-state index contributed by atoms with van der Waals surface area (Å²) in [6.07, 6.45) is 6.24. The van der Waals surface area contributed by atoms with Gasteiger partial charge in [-0.15, -0.1) is 0 Å². The summed E-state index contributed by atoms with van der Waals surface area (Å²) in [6, 6.07) is 6.10. The molecule has 2 aromatic heterocycles. The Kier molecular flexibility index (Phi) is 6.53. The second-order valence-corrected chi connectivity index (χ2v) is 6.17. The lowest BCUT2D eigenvalue weighted by Crippen LogP contribution is -2.39. The molecule has 3 heterocycles. The number of rotatable bonds is 8. The largest absolute Gasteiger partial charge is 0.379 e. The summed E-state index contributed by atoms with van der Waals surface area (Å²) in [5, 5.41) is 3.39. The average Bonchev–Trinajstić information content (AvgIpc) is 2.68. The van der Waals surface area contributed by atoms with Gasteiger partial charge >= 0.3 is 0 Å². The maximum absolute atomic E-state index is 5.37. The Labute approximate surface area is 149 Å². The van der Waals surface area contributed by atoms with Crippen molar-refractivity contribution < 1.29 is 4.74 Å². The summed E-state index contributed by atoms with van der Waals surface area (Å²) >= 11 is 0. The average molecular weight is 342 g/mol. The predicted octanol–water partition coefficient (Wildman–Crippen LogP) is 1.29. The Morgan fingerprint density at radius 1 is 1.20 bits per heavy atom. The molecular weight excluding hydrogens is 316 g/mol. The quantitative estimate of drug-likeness (QED) is 0.775. The van der Waals surface area contributed by atoms with Gasteiger partial charge in [-0.25, -0.2) is 9.97 Å². The van der Waals surface area contributed by atoms with Crippen molar-refractivity contribution >= 4 is 11.6 Å². The van der Waals surface area contributed by atoms with Gasteiger partial charge < -0.3 is 15.0 Å². The number of nitrogens with one attached hydrogen (secondary N) is 1. The zero-order valence-corrected chi connectivity index (χ0v) is 14.8. The molecule has 25 heavy (non-hydrogen) atoms. The van der Waals surface area contributed by atoms with E-state index in [-0.39, 0.29) is 0 Å². The molecule has 0 saturated carbocycles. The van der Waals surface area contributed by atoms with Crippen molar-refractivity contribution in [3.8, 4) is 0 Å². The molecule has 1 fully saturated rings. The molecule has 0 spiro atoms. The van der Waals surface area contributed by atoms with Crippen LogP contribution >= 0.6 is 0 Å². The number of pyridine rings is 1. The summed E-state index contributed by atoms with van der Waals surface area (Å²) in [4.78, 5) is 17.3. The zero-order chi connectivity index (χ0) is 17.3. The third-order valence-electron chi connectivity index (χ3n) is 4.37. The molecule has 1 aliphatic rings. The summed E-state index contributed by atoms with van der Waals surface area (Å²) in [5.41, 5.74) is 1.28. The van der Waals surface area contributed by atoms with E-state index in [1.165, 1.54) is 5.56 Å². The van der Waals surface area contributed by atoms with Crippen molar-refractivity contribution in [2.45, 2.75) is 6.42 Å². The highest BCUT2D eigenvalue weighted by molar-refractivity contribution is 5.48. The van der Waals surface area contributed by atoms with Crippen LogP contribution in [0.5, 0.6) is 0 Å². The molecule has 2 aromatic rings. The normalized spacial score (nSPS) is 15.1. The molecule has 0 aromatic carbocycles. The Morgan fingerprint density at radius 2 is 2.00 bits per heavy atom. The minimum Gasteiger partial charge on any atom is -0.379 e. The second kappa shape index (κ2) is 9.29. The molecule has 0 unspecified atom stereocenters. The van der Waals surface area contributed by atoms with E-state index in [0.717, 1.165) is 64.0 Å². The fourth-order valence-electron chi connectivity index (χ4n) is 2.78. The smallest absolute Gasteiger partial charge is 0.133 e. The van der Waals surface area contributed by atoms with E-state index in [9.17, 15) is 0 Å². The van der Waals surface area contributed by atoms with E-state index in [4.69, 9.17) is 4.74 Å². The standard InChI is InChI=1S/C18H26N6O/c1-23(8-4-16-2-5-19-6-3-16)18-14-17(21-15-22-18)20-7-9-24-10-12-25-13-11-24/h2-3,5-6,14-15H,4,7-13H2,1H3,(H,20,21,22). The van der Waals surface area contributed by atoms with Crippen LogP contribution in [0.2, 0.25) is 0 Å². The van der Waals surface area contributed by atoms with Gasteiger partial charge in [0.25, 0.3) is 0 Å². The lowest BCUT2D eigenvalue weighted by molar-refractivity contribution is 0.0398. The SMILES string of the molecule is CN(CCc1ccncc1)c1cc(NCCN2CCOCC2)ncn1. The molecule has 7 heteroatoms. The lowest BCUT2D eigenvalue weighted by Gasteiger charge is -2.26. The first-order valence-corrected chi connectivity index (χ1v) is 8.77. The molecule has 1 N–H and O–H groups in total. The van der Waals surface area contributed by atoms with Gasteiger partial charge in [-0.2, -0.15) is 0 Å². The molecule has 134 valence electrons. The number of likely N-dealkylation sites (N-methyl/N-ethyl adjacent to an activating group) is 1. The molecule has 0 amide bonds. The molecule has 0 radical (unpaired) electrons. The fraction of sp³-hybridized carbons (Fsp3) is 0.500. The minimum atomic E-state index is 0.833. The topological polar surface area (TPSA) is 66.4 Å². The van der Waals surface area contributed by atoms with Gasteiger partial charge in [-0.1, -0.05) is 0 Å². The van der Waals surface area contributed by atoms with Crippen molar-refractivity contribution in [2.24, 2.45) is 0 Å². The van der Waals surface area contributed by atoms with Crippen LogP contribution in [-0.2, 0) is 11.2 Å². The van der Waals surface area contributed by atoms with E-state index in [1.807, 2.05) is 30.6 Å². The highest BCUT2D eigenvalue weighted by Crippen LogP contribution is 2.13. The number of ether oxygens (including phenoxy) is 1. The summed E-state index contributed by atoms with van der Waals surface area (Å²) in [6.45, 7) is 6.45. The molecule has 1 saturated heterocycles. The van der Waals surface area contributed by atoms with Gasteiger partial charge in [0.1, 0.15) is 18.0 Å². The van der Waals surface area contributed by atoms with E-state index in [2.05, 4.69) is 37.1 Å². The molecule has 7 nitrogen and oxygen atoms in total. The van der Waals surface area contributed by atoms with Crippen LogP contribution in [0.3, 0.4) is 0 Å². The second-order valence-electron chi connectivity index (χ2n) is 6.17. The Bertz CT molecular complexity index is 632. The maximum Gasteiger partial charge on any atom is 0.133 e. The van der Waals surface area contributed by atoms with Crippen LogP contribution in [-0.4, -0.2) is 72.8 Å². The number of morpholine rings is 1. The molecule has 3 rings (SSSR count). The van der Waals surface area contributed by atoms with E-state index < -0.39 is 0 Å². The first-order valence-electron chi connectivity index (χ1n) is 8.77. The zero-order valence-electron chi connectivity index (χ0n) is 14.8. The number of nitrogens with zero attached hydrogens (tertiary/aromatic N) is 5. The van der Waals surface area contributed by atoms with Crippen LogP contribution in [0.15, 0.2) is 36.9 Å². The maximum atomic E-state index is 5.37. The minimum absolute atomic E-state index is 0.833. The van der Waals surface area contributed by atoms with E-state index in [1.54, 1.807) is 6.33 Å². The van der Waals surface area contributed by atoms with Crippen molar-refractivity contribution in [1.29, 1.82) is 0 Å². The van der Waals surface area contributed by atoms with Crippen molar-refractivity contribution in [3.05, 3.63) is 42.5 Å². The highest BCUT2D eigenvalue weighted by atomic mass is 16.5. The van der Waals surface area contributed by atoms with Gasteiger partial charge in [0.05, 0.1) is 13.2 Å². The molecular formula is C18H26N6O. The fourth-order valence-corrected chi connectivity index (χ4v) is 2.78. The number of hydrogen-bond acceptors (Lipinski definition) is 7. The van der Waals surface area contributed by atoms with Crippen LogP contribution in [0.4, 0.5) is 11.6 Å². The van der Waals surface area contributed by atoms with Gasteiger partial charge in [-0.3, -0.25) is 9.88 Å². The summed E-state index contributed by atoms with van der Waals surface area (Å²) in [7, 11) is 2.06. The van der Waals surface area contributed by atoms with Gasteiger partial charge in [0, 0.05) is 58.2 Å². The Balaban J connectivity index is 1.46.